The van der Waals surface area contributed by atoms with Crippen molar-refractivity contribution in [2.45, 2.75) is 63.9 Å². The molecule has 0 aromatic heterocycles. The van der Waals surface area contributed by atoms with E-state index in [2.05, 4.69) is 5.32 Å². The fourth-order valence-electron chi connectivity index (χ4n) is 4.46. The summed E-state index contributed by atoms with van der Waals surface area (Å²) in [5, 5.41) is 22.5. The normalized spacial score (nSPS) is 24.0. The van der Waals surface area contributed by atoms with Gasteiger partial charge in [0.15, 0.2) is 11.5 Å². The summed E-state index contributed by atoms with van der Waals surface area (Å²) in [6.45, 7) is 1.73. The van der Waals surface area contributed by atoms with Crippen LogP contribution in [-0.4, -0.2) is 48.6 Å². The molecule has 0 radical (unpaired) electrons. The van der Waals surface area contributed by atoms with E-state index < -0.39 is 6.10 Å². The quantitative estimate of drug-likeness (QED) is 0.292. The third kappa shape index (κ3) is 6.25. The van der Waals surface area contributed by atoms with Crippen LogP contribution in [0.15, 0.2) is 12.1 Å². The third-order valence-corrected chi connectivity index (χ3v) is 6.27. The van der Waals surface area contributed by atoms with Crippen LogP contribution in [-0.2, 0) is 0 Å². The first kappa shape index (κ1) is 22.7. The maximum absolute atomic E-state index is 12.9. The summed E-state index contributed by atoms with van der Waals surface area (Å²) in [4.78, 5) is 12.9. The number of nitrogen functional groups attached to an aromatic ring is 1. The van der Waals surface area contributed by atoms with Gasteiger partial charge in [0.1, 0.15) is 0 Å². The molecule has 7 nitrogen and oxygen atoms in total. The van der Waals surface area contributed by atoms with Crippen LogP contribution in [0, 0.1) is 11.8 Å². The second-order valence-electron chi connectivity index (χ2n) is 8.58. The van der Waals surface area contributed by atoms with E-state index >= 15 is 0 Å². The number of aliphatic hydroxyl groups is 2. The molecule has 0 saturated heterocycles. The van der Waals surface area contributed by atoms with Gasteiger partial charge in [-0.15, -0.1) is 0 Å². The number of benzene rings is 1. The maximum atomic E-state index is 12.9. The van der Waals surface area contributed by atoms with Crippen LogP contribution in [0.2, 0.25) is 0 Å². The van der Waals surface area contributed by atoms with E-state index in [1.807, 2.05) is 0 Å². The topological polar surface area (TPSA) is 114 Å². The Morgan fingerprint density at radius 3 is 2.73 bits per heavy atom. The Labute approximate surface area is 178 Å². The van der Waals surface area contributed by atoms with Crippen LogP contribution < -0.4 is 20.5 Å². The van der Waals surface area contributed by atoms with Crippen molar-refractivity contribution in [1.29, 1.82) is 0 Å². The maximum Gasteiger partial charge on any atom is 0.255 e. The van der Waals surface area contributed by atoms with Crippen LogP contribution >= 0.6 is 0 Å². The second-order valence-corrected chi connectivity index (χ2v) is 8.58. The number of carbonyl (C=O) groups excluding carboxylic acids is 1. The number of aliphatic hydroxyl groups excluding tert-OH is 2. The number of hydrogen-bond donors (Lipinski definition) is 4. The highest BCUT2D eigenvalue weighted by Gasteiger charge is 2.27. The SMILES string of the molecule is Nc1cc2c(c(C(=O)NCC3CC[C@@H](CCCCCO)CCC3O)c1)OCCCO2. The molecule has 2 aliphatic rings. The number of nitrogens with two attached hydrogens (primary N) is 1. The Bertz CT molecular complexity index is 696. The number of unbranched alkanes of at least 4 members (excludes halogenated alkanes) is 2. The predicted octanol–water partition coefficient (Wildman–Crippen LogP) is 2.88. The van der Waals surface area contributed by atoms with Crippen LogP contribution in [0.4, 0.5) is 5.69 Å². The van der Waals surface area contributed by atoms with Gasteiger partial charge < -0.3 is 30.7 Å². The van der Waals surface area contributed by atoms with Crippen molar-refractivity contribution in [2.24, 2.45) is 11.8 Å². The lowest BCUT2D eigenvalue weighted by Gasteiger charge is -2.21. The average Bonchev–Trinajstić information content (AvgIpc) is 3.07. The Morgan fingerprint density at radius 1 is 1.10 bits per heavy atom. The summed E-state index contributed by atoms with van der Waals surface area (Å²) in [6, 6.07) is 3.31. The van der Waals surface area contributed by atoms with Gasteiger partial charge in [-0.25, -0.2) is 0 Å². The molecular weight excluding hydrogens is 384 g/mol. The molecule has 2 unspecified atom stereocenters. The molecule has 7 heteroatoms. The van der Waals surface area contributed by atoms with Gasteiger partial charge in [-0.05, 0) is 37.7 Å². The molecular formula is C23H36N2O5. The van der Waals surface area contributed by atoms with Gasteiger partial charge in [-0.3, -0.25) is 4.79 Å². The van der Waals surface area contributed by atoms with Gasteiger partial charge in [-0.1, -0.05) is 25.7 Å². The van der Waals surface area contributed by atoms with Gasteiger partial charge in [0.05, 0.1) is 24.9 Å². The average molecular weight is 421 g/mol. The van der Waals surface area contributed by atoms with E-state index in [1.165, 1.54) is 0 Å². The van der Waals surface area contributed by atoms with E-state index in [-0.39, 0.29) is 18.4 Å². The van der Waals surface area contributed by atoms with Crippen LogP contribution in [0.1, 0.15) is 68.1 Å². The van der Waals surface area contributed by atoms with Crippen molar-refractivity contribution in [3.05, 3.63) is 17.7 Å². The monoisotopic (exact) mass is 420 g/mol. The van der Waals surface area contributed by atoms with Crippen molar-refractivity contribution < 1.29 is 24.5 Å². The molecule has 1 saturated carbocycles. The molecule has 1 aromatic carbocycles. The Morgan fingerprint density at radius 2 is 1.90 bits per heavy atom. The first-order chi connectivity index (χ1) is 14.6. The Kier molecular flexibility index (Phi) is 8.63. The number of hydrogen-bond acceptors (Lipinski definition) is 6. The van der Waals surface area contributed by atoms with Crippen molar-refractivity contribution in [3.63, 3.8) is 0 Å². The molecule has 168 valence electrons. The minimum absolute atomic E-state index is 0.0493. The van der Waals surface area contributed by atoms with Crippen LogP contribution in [0.25, 0.3) is 0 Å². The van der Waals surface area contributed by atoms with Gasteiger partial charge in [0, 0.05) is 37.2 Å². The van der Waals surface area contributed by atoms with Crippen molar-refractivity contribution in [3.8, 4) is 11.5 Å². The zero-order chi connectivity index (χ0) is 21.3. The Balaban J connectivity index is 1.55. The molecule has 5 N–H and O–H groups in total. The molecule has 1 aliphatic carbocycles. The van der Waals surface area contributed by atoms with Crippen molar-refractivity contribution in [2.75, 3.05) is 32.1 Å². The number of ether oxygens (including phenoxy) is 2. The molecule has 1 aliphatic heterocycles. The lowest BCUT2D eigenvalue weighted by molar-refractivity contribution is 0.0850. The first-order valence-corrected chi connectivity index (χ1v) is 11.3. The molecule has 1 amide bonds. The number of rotatable bonds is 8. The molecule has 3 rings (SSSR count). The number of nitrogens with one attached hydrogen (secondary N) is 1. The molecule has 1 aromatic rings. The summed E-state index contributed by atoms with van der Waals surface area (Å²) in [7, 11) is 0. The molecule has 3 atom stereocenters. The molecule has 1 heterocycles. The van der Waals surface area contributed by atoms with Crippen molar-refractivity contribution in [1.82, 2.24) is 5.32 Å². The zero-order valence-corrected chi connectivity index (χ0v) is 17.8. The smallest absolute Gasteiger partial charge is 0.255 e. The Hall–Kier alpha value is -1.99. The third-order valence-electron chi connectivity index (χ3n) is 6.27. The molecule has 0 bridgehead atoms. The predicted molar refractivity (Wildman–Crippen MR) is 116 cm³/mol. The van der Waals surface area contributed by atoms with Crippen molar-refractivity contribution >= 4 is 11.6 Å². The number of carbonyl (C=O) groups is 1. The van der Waals surface area contributed by atoms with Crippen LogP contribution in [0.5, 0.6) is 11.5 Å². The lowest BCUT2D eigenvalue weighted by atomic mass is 9.93. The van der Waals surface area contributed by atoms with E-state index in [1.54, 1.807) is 12.1 Å². The van der Waals surface area contributed by atoms with Gasteiger partial charge >= 0.3 is 0 Å². The summed E-state index contributed by atoms with van der Waals surface area (Å²) in [5.74, 6) is 1.38. The van der Waals surface area contributed by atoms with E-state index in [9.17, 15) is 9.90 Å². The summed E-state index contributed by atoms with van der Waals surface area (Å²) in [6.07, 6.45) is 8.34. The standard InChI is InChI=1S/C23H36N2O5/c24-18-13-19(22-21(14-18)29-11-4-12-30-22)23(28)25-15-17-8-6-16(7-9-20(17)27)5-2-1-3-10-26/h13-14,16-17,20,26-27H,1-12,15,24H2,(H,25,28)/t16-,17?,20?/m1/s1. The zero-order valence-electron chi connectivity index (χ0n) is 17.8. The lowest BCUT2D eigenvalue weighted by Crippen LogP contribution is -2.34. The van der Waals surface area contributed by atoms with Gasteiger partial charge in [0.2, 0.25) is 0 Å². The molecule has 0 spiro atoms. The first-order valence-electron chi connectivity index (χ1n) is 11.3. The fourth-order valence-corrected chi connectivity index (χ4v) is 4.46. The highest BCUT2D eigenvalue weighted by Crippen LogP contribution is 2.36. The number of amides is 1. The summed E-state index contributed by atoms with van der Waals surface area (Å²) in [5.41, 5.74) is 6.80. The van der Waals surface area contributed by atoms with E-state index in [0.717, 1.165) is 57.8 Å². The van der Waals surface area contributed by atoms with Gasteiger partial charge in [-0.2, -0.15) is 0 Å². The number of anilines is 1. The van der Waals surface area contributed by atoms with Crippen LogP contribution in [0.3, 0.4) is 0 Å². The fraction of sp³-hybridized carbons (Fsp3) is 0.696. The summed E-state index contributed by atoms with van der Waals surface area (Å²) >= 11 is 0. The minimum atomic E-state index is -0.398. The second kappa shape index (κ2) is 11.4. The number of fused-ring (bicyclic) bond motifs is 1. The van der Waals surface area contributed by atoms with Gasteiger partial charge in [0.25, 0.3) is 5.91 Å². The molecule has 30 heavy (non-hydrogen) atoms. The van der Waals surface area contributed by atoms with E-state index in [0.29, 0.717) is 48.4 Å². The highest BCUT2D eigenvalue weighted by molar-refractivity contribution is 5.98. The largest absolute Gasteiger partial charge is 0.489 e. The molecule has 1 fully saturated rings. The summed E-state index contributed by atoms with van der Waals surface area (Å²) < 4.78 is 11.4. The highest BCUT2D eigenvalue weighted by atomic mass is 16.5. The minimum Gasteiger partial charge on any atom is -0.489 e. The van der Waals surface area contributed by atoms with E-state index in [4.69, 9.17) is 20.3 Å².